The molecule has 0 fully saturated rings. The maximum Gasteiger partial charge on any atom is 0.130 e. The van der Waals surface area contributed by atoms with Crippen molar-refractivity contribution in [3.05, 3.63) is 52.1 Å². The van der Waals surface area contributed by atoms with Crippen LogP contribution in [0.25, 0.3) is 0 Å². The summed E-state index contributed by atoms with van der Waals surface area (Å²) >= 11 is 11.7. The number of hydrogen-bond donors (Lipinski definition) is 1. The van der Waals surface area contributed by atoms with E-state index >= 15 is 0 Å². The average molecular weight is 283 g/mol. The molecule has 1 aromatic carbocycles. The first kappa shape index (κ1) is 13.0. The lowest BCUT2D eigenvalue weighted by atomic mass is 10.3. The molecule has 0 unspecified atom stereocenters. The van der Waals surface area contributed by atoms with Crippen molar-refractivity contribution in [1.29, 1.82) is 0 Å². The minimum atomic E-state index is 0.382. The molecule has 0 saturated heterocycles. The standard InChI is InChI=1S/C13H12Cl2N2O/c1-16-13-4-2-3-9(17-13)8-18-10-5-6-11(14)12(15)7-10/h2-7H,8H2,1H3,(H,16,17). The molecule has 2 aromatic rings. The van der Waals surface area contributed by atoms with Crippen LogP contribution in [0.4, 0.5) is 5.82 Å². The topological polar surface area (TPSA) is 34.1 Å². The maximum atomic E-state index is 5.91. The Morgan fingerprint density at radius 1 is 1.17 bits per heavy atom. The Morgan fingerprint density at radius 3 is 2.72 bits per heavy atom. The second-order valence-corrected chi connectivity index (χ2v) is 4.44. The van der Waals surface area contributed by atoms with E-state index in [0.29, 0.717) is 22.4 Å². The van der Waals surface area contributed by atoms with Crippen molar-refractivity contribution in [2.75, 3.05) is 12.4 Å². The van der Waals surface area contributed by atoms with Gasteiger partial charge in [0.1, 0.15) is 18.2 Å². The number of nitrogens with zero attached hydrogens (tertiary/aromatic N) is 1. The highest BCUT2D eigenvalue weighted by Gasteiger charge is 2.02. The fraction of sp³-hybridized carbons (Fsp3) is 0.154. The Morgan fingerprint density at radius 2 is 2.00 bits per heavy atom. The van der Waals surface area contributed by atoms with E-state index in [1.165, 1.54) is 0 Å². The number of benzene rings is 1. The van der Waals surface area contributed by atoms with Gasteiger partial charge in [-0.3, -0.25) is 0 Å². The van der Waals surface area contributed by atoms with Crippen LogP contribution in [0.5, 0.6) is 5.75 Å². The summed E-state index contributed by atoms with van der Waals surface area (Å²) in [5.74, 6) is 1.48. The predicted molar refractivity (Wildman–Crippen MR) is 74.6 cm³/mol. The summed E-state index contributed by atoms with van der Waals surface area (Å²) in [7, 11) is 1.83. The molecule has 1 aromatic heterocycles. The van der Waals surface area contributed by atoms with Crippen LogP contribution in [0.3, 0.4) is 0 Å². The maximum absolute atomic E-state index is 5.91. The van der Waals surface area contributed by atoms with Gasteiger partial charge in [0.05, 0.1) is 15.7 Å². The average Bonchev–Trinajstić information content (AvgIpc) is 2.40. The smallest absolute Gasteiger partial charge is 0.130 e. The molecule has 0 aliphatic rings. The van der Waals surface area contributed by atoms with Gasteiger partial charge in [0.2, 0.25) is 0 Å². The normalized spacial score (nSPS) is 10.2. The van der Waals surface area contributed by atoms with Gasteiger partial charge in [0, 0.05) is 13.1 Å². The molecular weight excluding hydrogens is 271 g/mol. The Kier molecular flexibility index (Phi) is 4.28. The molecule has 2 rings (SSSR count). The van der Waals surface area contributed by atoms with Gasteiger partial charge in [-0.1, -0.05) is 29.3 Å². The van der Waals surface area contributed by atoms with Crippen molar-refractivity contribution in [2.24, 2.45) is 0 Å². The van der Waals surface area contributed by atoms with Crippen molar-refractivity contribution in [3.8, 4) is 5.75 Å². The predicted octanol–water partition coefficient (Wildman–Crippen LogP) is 4.01. The highest BCUT2D eigenvalue weighted by atomic mass is 35.5. The minimum Gasteiger partial charge on any atom is -0.487 e. The third-order valence-electron chi connectivity index (χ3n) is 2.34. The van der Waals surface area contributed by atoms with Gasteiger partial charge in [0.25, 0.3) is 0 Å². The summed E-state index contributed by atoms with van der Waals surface area (Å²) in [6.45, 7) is 0.382. The number of aromatic nitrogens is 1. The monoisotopic (exact) mass is 282 g/mol. The zero-order valence-electron chi connectivity index (χ0n) is 9.78. The van der Waals surface area contributed by atoms with Crippen LogP contribution < -0.4 is 10.1 Å². The quantitative estimate of drug-likeness (QED) is 0.920. The van der Waals surface area contributed by atoms with E-state index < -0.39 is 0 Å². The van der Waals surface area contributed by atoms with Crippen LogP contribution in [0.15, 0.2) is 36.4 Å². The lowest BCUT2D eigenvalue weighted by Gasteiger charge is -2.07. The van der Waals surface area contributed by atoms with Gasteiger partial charge >= 0.3 is 0 Å². The highest BCUT2D eigenvalue weighted by Crippen LogP contribution is 2.26. The molecular formula is C13H12Cl2N2O. The first-order valence-electron chi connectivity index (χ1n) is 5.40. The van der Waals surface area contributed by atoms with Gasteiger partial charge in [-0.15, -0.1) is 0 Å². The van der Waals surface area contributed by atoms with Crippen molar-refractivity contribution >= 4 is 29.0 Å². The molecule has 18 heavy (non-hydrogen) atoms. The summed E-state index contributed by atoms with van der Waals surface area (Å²) in [4.78, 5) is 4.35. The fourth-order valence-electron chi connectivity index (χ4n) is 1.42. The van der Waals surface area contributed by atoms with Gasteiger partial charge in [-0.2, -0.15) is 0 Å². The lowest BCUT2D eigenvalue weighted by molar-refractivity contribution is 0.301. The molecule has 3 nitrogen and oxygen atoms in total. The van der Waals surface area contributed by atoms with Crippen LogP contribution in [-0.2, 0) is 6.61 Å². The van der Waals surface area contributed by atoms with Crippen molar-refractivity contribution in [1.82, 2.24) is 4.98 Å². The third-order valence-corrected chi connectivity index (χ3v) is 3.08. The number of pyridine rings is 1. The fourth-order valence-corrected chi connectivity index (χ4v) is 1.71. The molecule has 0 amide bonds. The highest BCUT2D eigenvalue weighted by molar-refractivity contribution is 6.42. The van der Waals surface area contributed by atoms with E-state index in [2.05, 4.69) is 10.3 Å². The first-order chi connectivity index (χ1) is 8.69. The number of anilines is 1. The molecule has 1 N–H and O–H groups in total. The van der Waals surface area contributed by atoms with Gasteiger partial charge in [-0.25, -0.2) is 4.98 Å². The Hall–Kier alpha value is -1.45. The lowest BCUT2D eigenvalue weighted by Crippen LogP contribution is -2.00. The Balaban J connectivity index is 2.04. The van der Waals surface area contributed by atoms with E-state index in [-0.39, 0.29) is 0 Å². The summed E-state index contributed by atoms with van der Waals surface area (Å²) in [5.41, 5.74) is 0.841. The van der Waals surface area contributed by atoms with Crippen LogP contribution >= 0.6 is 23.2 Å². The van der Waals surface area contributed by atoms with E-state index in [0.717, 1.165) is 11.5 Å². The number of rotatable bonds is 4. The minimum absolute atomic E-state index is 0.382. The third kappa shape index (κ3) is 3.28. The van der Waals surface area contributed by atoms with Crippen molar-refractivity contribution in [3.63, 3.8) is 0 Å². The van der Waals surface area contributed by atoms with E-state index in [9.17, 15) is 0 Å². The molecule has 1 heterocycles. The molecule has 0 radical (unpaired) electrons. The molecule has 0 aliphatic carbocycles. The van der Waals surface area contributed by atoms with Crippen LogP contribution in [0.2, 0.25) is 10.0 Å². The summed E-state index contributed by atoms with van der Waals surface area (Å²) in [5, 5.41) is 3.97. The summed E-state index contributed by atoms with van der Waals surface area (Å²) in [6, 6.07) is 10.9. The molecule has 5 heteroatoms. The zero-order chi connectivity index (χ0) is 13.0. The second kappa shape index (κ2) is 5.94. The molecule has 0 saturated carbocycles. The summed E-state index contributed by atoms with van der Waals surface area (Å²) < 4.78 is 5.59. The molecule has 0 bridgehead atoms. The van der Waals surface area contributed by atoms with Crippen molar-refractivity contribution in [2.45, 2.75) is 6.61 Å². The Labute approximate surface area is 116 Å². The Bertz CT molecular complexity index is 546. The van der Waals surface area contributed by atoms with Gasteiger partial charge in [0.15, 0.2) is 0 Å². The van der Waals surface area contributed by atoms with E-state index in [1.54, 1.807) is 18.2 Å². The first-order valence-corrected chi connectivity index (χ1v) is 6.16. The van der Waals surface area contributed by atoms with Crippen molar-refractivity contribution < 1.29 is 4.74 Å². The van der Waals surface area contributed by atoms with Crippen LogP contribution in [0, 0.1) is 0 Å². The molecule has 0 spiro atoms. The number of hydrogen-bond acceptors (Lipinski definition) is 3. The van der Waals surface area contributed by atoms with Crippen LogP contribution in [-0.4, -0.2) is 12.0 Å². The van der Waals surface area contributed by atoms with Crippen LogP contribution in [0.1, 0.15) is 5.69 Å². The largest absolute Gasteiger partial charge is 0.487 e. The van der Waals surface area contributed by atoms with Gasteiger partial charge in [-0.05, 0) is 24.3 Å². The molecule has 94 valence electrons. The number of nitrogens with one attached hydrogen (secondary N) is 1. The van der Waals surface area contributed by atoms with Gasteiger partial charge < -0.3 is 10.1 Å². The van der Waals surface area contributed by atoms with E-state index in [4.69, 9.17) is 27.9 Å². The zero-order valence-corrected chi connectivity index (χ0v) is 11.3. The molecule has 0 atom stereocenters. The summed E-state index contributed by atoms with van der Waals surface area (Å²) in [6.07, 6.45) is 0. The second-order valence-electron chi connectivity index (χ2n) is 3.63. The molecule has 0 aliphatic heterocycles. The number of ether oxygens (including phenoxy) is 1. The van der Waals surface area contributed by atoms with E-state index in [1.807, 2.05) is 25.2 Å². The number of halogens is 2. The SMILES string of the molecule is CNc1cccc(COc2ccc(Cl)c(Cl)c2)n1.